The molecule has 2 aliphatic rings. The normalized spacial score (nSPS) is 18.6. The number of hydrogen-bond donors (Lipinski definition) is 1. The highest BCUT2D eigenvalue weighted by molar-refractivity contribution is 5.75. The van der Waals surface area contributed by atoms with Crippen LogP contribution in [-0.2, 0) is 16.7 Å². The summed E-state index contributed by atoms with van der Waals surface area (Å²) in [6.07, 6.45) is 2.75. The molecule has 1 N–H and O–H groups in total. The number of rotatable bonds is 4. The minimum atomic E-state index is -0.0745. The number of benzene rings is 1. The van der Waals surface area contributed by atoms with Crippen molar-refractivity contribution in [2.24, 2.45) is 0 Å². The number of hydrogen-bond acceptors (Lipinski definition) is 4. The van der Waals surface area contributed by atoms with E-state index in [1.807, 2.05) is 11.0 Å². The fourth-order valence-corrected chi connectivity index (χ4v) is 3.93. The number of nitrogens with one attached hydrogen (secondary N) is 1. The number of ether oxygens (including phenoxy) is 3. The van der Waals surface area contributed by atoms with Crippen molar-refractivity contribution < 1.29 is 19.0 Å². The first-order valence-electron chi connectivity index (χ1n) is 8.99. The van der Waals surface area contributed by atoms with Gasteiger partial charge in [0.15, 0.2) is 11.5 Å². The predicted octanol–water partition coefficient (Wildman–Crippen LogP) is 2.69. The number of fused-ring (bicyclic) bond motifs is 2. The molecule has 25 heavy (non-hydrogen) atoms. The lowest BCUT2D eigenvalue weighted by atomic mass is 9.70. The smallest absolute Gasteiger partial charge is 0.317 e. The van der Waals surface area contributed by atoms with E-state index < -0.39 is 0 Å². The Balaban J connectivity index is 1.99. The second-order valence-corrected chi connectivity index (χ2v) is 6.85. The lowest BCUT2D eigenvalue weighted by Gasteiger charge is -2.46. The van der Waals surface area contributed by atoms with Crippen LogP contribution >= 0.6 is 0 Å². The third kappa shape index (κ3) is 3.40. The molecule has 0 aromatic heterocycles. The third-order valence-corrected chi connectivity index (χ3v) is 5.30. The second kappa shape index (κ2) is 7.52. The SMILES string of the molecule is CCCNC(=O)N1Cc2cc(OC)c(OC)cc2C2(CCOCC2)C1. The van der Waals surface area contributed by atoms with Crippen molar-refractivity contribution in [3.8, 4) is 11.5 Å². The molecule has 6 heteroatoms. The lowest BCUT2D eigenvalue weighted by molar-refractivity contribution is 0.0319. The molecule has 3 rings (SSSR count). The monoisotopic (exact) mass is 348 g/mol. The highest BCUT2D eigenvalue weighted by Crippen LogP contribution is 2.45. The molecule has 1 fully saturated rings. The minimum Gasteiger partial charge on any atom is -0.493 e. The van der Waals surface area contributed by atoms with Gasteiger partial charge >= 0.3 is 6.03 Å². The summed E-state index contributed by atoms with van der Waals surface area (Å²) in [5.41, 5.74) is 2.33. The van der Waals surface area contributed by atoms with Crippen LogP contribution in [0.1, 0.15) is 37.3 Å². The van der Waals surface area contributed by atoms with Crippen molar-refractivity contribution in [1.29, 1.82) is 0 Å². The van der Waals surface area contributed by atoms with E-state index in [9.17, 15) is 4.79 Å². The Morgan fingerprint density at radius 1 is 1.24 bits per heavy atom. The zero-order valence-electron chi connectivity index (χ0n) is 15.4. The molecule has 0 bridgehead atoms. The molecular formula is C19H28N2O4. The summed E-state index contributed by atoms with van der Waals surface area (Å²) in [6.45, 7) is 5.51. The zero-order chi connectivity index (χ0) is 17.9. The molecule has 1 aromatic rings. The van der Waals surface area contributed by atoms with E-state index in [0.717, 1.165) is 43.8 Å². The van der Waals surface area contributed by atoms with Crippen molar-refractivity contribution in [2.75, 3.05) is 40.5 Å². The van der Waals surface area contributed by atoms with Crippen molar-refractivity contribution >= 4 is 6.03 Å². The van der Waals surface area contributed by atoms with Crippen molar-refractivity contribution in [2.45, 2.75) is 38.1 Å². The standard InChI is InChI=1S/C19H28N2O4/c1-4-7-20-18(22)21-12-14-10-16(23-2)17(24-3)11-15(14)19(13-21)5-8-25-9-6-19/h10-11H,4-9,12-13H2,1-3H3,(H,20,22). The Labute approximate surface area is 149 Å². The van der Waals surface area contributed by atoms with Crippen LogP contribution in [0.3, 0.4) is 0 Å². The van der Waals surface area contributed by atoms with Gasteiger partial charge in [-0.3, -0.25) is 0 Å². The number of urea groups is 1. The molecule has 0 aliphatic carbocycles. The zero-order valence-corrected chi connectivity index (χ0v) is 15.4. The van der Waals surface area contributed by atoms with Gasteiger partial charge in [-0.25, -0.2) is 4.79 Å². The fourth-order valence-electron chi connectivity index (χ4n) is 3.93. The van der Waals surface area contributed by atoms with Gasteiger partial charge in [0.05, 0.1) is 14.2 Å². The molecule has 1 spiro atoms. The second-order valence-electron chi connectivity index (χ2n) is 6.85. The summed E-state index contributed by atoms with van der Waals surface area (Å²) < 4.78 is 16.6. The van der Waals surface area contributed by atoms with Crippen LogP contribution in [0.25, 0.3) is 0 Å². The van der Waals surface area contributed by atoms with E-state index in [0.29, 0.717) is 25.4 Å². The number of carbonyl (C=O) groups excluding carboxylic acids is 1. The maximum atomic E-state index is 12.6. The van der Waals surface area contributed by atoms with Crippen molar-refractivity contribution in [1.82, 2.24) is 10.2 Å². The molecule has 0 radical (unpaired) electrons. The van der Waals surface area contributed by atoms with Crippen LogP contribution in [0.4, 0.5) is 4.79 Å². The fraction of sp³-hybridized carbons (Fsp3) is 0.632. The van der Waals surface area contributed by atoms with Gasteiger partial charge in [0.1, 0.15) is 0 Å². The van der Waals surface area contributed by atoms with E-state index >= 15 is 0 Å². The molecular weight excluding hydrogens is 320 g/mol. The van der Waals surface area contributed by atoms with Crippen LogP contribution in [0.5, 0.6) is 11.5 Å². The van der Waals surface area contributed by atoms with E-state index in [1.165, 1.54) is 5.56 Å². The van der Waals surface area contributed by atoms with Gasteiger partial charge in [-0.2, -0.15) is 0 Å². The minimum absolute atomic E-state index is 0.00755. The van der Waals surface area contributed by atoms with Crippen LogP contribution in [0, 0.1) is 0 Å². The third-order valence-electron chi connectivity index (χ3n) is 5.30. The Morgan fingerprint density at radius 3 is 2.56 bits per heavy atom. The largest absolute Gasteiger partial charge is 0.493 e. The highest BCUT2D eigenvalue weighted by Gasteiger charge is 2.43. The van der Waals surface area contributed by atoms with Gasteiger partial charge in [0, 0.05) is 38.3 Å². The molecule has 0 saturated carbocycles. The average molecular weight is 348 g/mol. The summed E-state index contributed by atoms with van der Waals surface area (Å²) in [5, 5.41) is 3.01. The maximum Gasteiger partial charge on any atom is 0.317 e. The predicted molar refractivity (Wildman–Crippen MR) is 95.4 cm³/mol. The van der Waals surface area contributed by atoms with E-state index in [1.54, 1.807) is 14.2 Å². The summed E-state index contributed by atoms with van der Waals surface area (Å²) in [7, 11) is 3.30. The van der Waals surface area contributed by atoms with Gasteiger partial charge < -0.3 is 24.4 Å². The summed E-state index contributed by atoms with van der Waals surface area (Å²) in [6, 6.07) is 4.12. The first-order chi connectivity index (χ1) is 12.1. The quantitative estimate of drug-likeness (QED) is 0.909. The summed E-state index contributed by atoms with van der Waals surface area (Å²) >= 11 is 0. The van der Waals surface area contributed by atoms with Gasteiger partial charge in [-0.1, -0.05) is 6.92 Å². The molecule has 0 unspecified atom stereocenters. The van der Waals surface area contributed by atoms with Crippen molar-refractivity contribution in [3.63, 3.8) is 0 Å². The van der Waals surface area contributed by atoms with Gasteiger partial charge in [0.25, 0.3) is 0 Å². The number of methoxy groups -OCH3 is 2. The average Bonchev–Trinajstić information content (AvgIpc) is 2.65. The van der Waals surface area contributed by atoms with Crippen LogP contribution in [0.2, 0.25) is 0 Å². The molecule has 0 atom stereocenters. The van der Waals surface area contributed by atoms with Gasteiger partial charge in [-0.05, 0) is 42.5 Å². The topological polar surface area (TPSA) is 60.0 Å². The molecule has 2 heterocycles. The van der Waals surface area contributed by atoms with Crippen molar-refractivity contribution in [3.05, 3.63) is 23.3 Å². The molecule has 2 aliphatic heterocycles. The molecule has 6 nitrogen and oxygen atoms in total. The maximum absolute atomic E-state index is 12.6. The van der Waals surface area contributed by atoms with Gasteiger partial charge in [-0.15, -0.1) is 0 Å². The van der Waals surface area contributed by atoms with Crippen LogP contribution in [0.15, 0.2) is 12.1 Å². The van der Waals surface area contributed by atoms with E-state index in [4.69, 9.17) is 14.2 Å². The summed E-state index contributed by atoms with van der Waals surface area (Å²) in [5.74, 6) is 1.45. The first kappa shape index (κ1) is 17.9. The number of nitrogens with zero attached hydrogens (tertiary/aromatic N) is 1. The van der Waals surface area contributed by atoms with E-state index in [2.05, 4.69) is 18.3 Å². The van der Waals surface area contributed by atoms with E-state index in [-0.39, 0.29) is 11.4 Å². The number of amides is 2. The molecule has 1 saturated heterocycles. The Kier molecular flexibility index (Phi) is 5.37. The molecule has 2 amide bonds. The Bertz CT molecular complexity index is 626. The first-order valence-corrected chi connectivity index (χ1v) is 8.99. The Hall–Kier alpha value is -1.95. The van der Waals surface area contributed by atoms with Crippen LogP contribution < -0.4 is 14.8 Å². The number of carbonyl (C=O) groups is 1. The summed E-state index contributed by atoms with van der Waals surface area (Å²) in [4.78, 5) is 14.5. The van der Waals surface area contributed by atoms with Gasteiger partial charge in [0.2, 0.25) is 0 Å². The Morgan fingerprint density at radius 2 is 1.92 bits per heavy atom. The molecule has 138 valence electrons. The van der Waals surface area contributed by atoms with Crippen LogP contribution in [-0.4, -0.2) is 51.5 Å². The highest BCUT2D eigenvalue weighted by atomic mass is 16.5. The lowest BCUT2D eigenvalue weighted by Crippen LogP contribution is -2.53. The molecule has 1 aromatic carbocycles.